The summed E-state index contributed by atoms with van der Waals surface area (Å²) in [6, 6.07) is 17.2. The number of carbonyl (C=O) groups excluding carboxylic acids is 1. The van der Waals surface area contributed by atoms with Gasteiger partial charge < -0.3 is 15.0 Å². The number of para-hydroxylation sites is 1. The Bertz CT molecular complexity index is 567. The molecule has 0 heterocycles. The van der Waals surface area contributed by atoms with Crippen LogP contribution in [-0.2, 0) is 4.79 Å². The second-order valence-corrected chi connectivity index (χ2v) is 4.60. The lowest BCUT2D eigenvalue weighted by molar-refractivity contribution is -0.116. The number of ether oxygens (including phenoxy) is 1. The first-order valence-electron chi connectivity index (χ1n) is 6.99. The van der Waals surface area contributed by atoms with E-state index in [-0.39, 0.29) is 12.5 Å². The lowest BCUT2D eigenvalue weighted by Crippen LogP contribution is -2.32. The van der Waals surface area contributed by atoms with Crippen molar-refractivity contribution in [2.45, 2.75) is 6.92 Å². The monoisotopic (exact) mass is 284 g/mol. The van der Waals surface area contributed by atoms with Crippen molar-refractivity contribution in [2.24, 2.45) is 0 Å². The summed E-state index contributed by atoms with van der Waals surface area (Å²) in [6.07, 6.45) is 0. The molecule has 1 N–H and O–H groups in total. The van der Waals surface area contributed by atoms with E-state index in [9.17, 15) is 4.79 Å². The zero-order chi connectivity index (χ0) is 15.1. The van der Waals surface area contributed by atoms with Crippen LogP contribution >= 0.6 is 0 Å². The molecule has 1 amide bonds. The number of benzene rings is 2. The molecule has 0 aliphatic heterocycles. The van der Waals surface area contributed by atoms with Gasteiger partial charge in [-0.05, 0) is 43.3 Å². The van der Waals surface area contributed by atoms with Gasteiger partial charge in [-0.15, -0.1) is 0 Å². The molecule has 0 atom stereocenters. The molecule has 2 aromatic rings. The molecule has 4 nitrogen and oxygen atoms in total. The Balaban J connectivity index is 1.89. The Hall–Kier alpha value is -2.49. The van der Waals surface area contributed by atoms with Crippen LogP contribution in [-0.4, -0.2) is 26.1 Å². The average Bonchev–Trinajstić information content (AvgIpc) is 2.54. The molecular formula is C17H20N2O2. The third-order valence-electron chi connectivity index (χ3n) is 3.13. The zero-order valence-electron chi connectivity index (χ0n) is 12.4. The Labute approximate surface area is 125 Å². The lowest BCUT2D eigenvalue weighted by atomic mass is 10.3. The van der Waals surface area contributed by atoms with Gasteiger partial charge in [0.15, 0.2) is 0 Å². The number of carbonyl (C=O) groups is 1. The number of nitrogens with zero attached hydrogens (tertiary/aromatic N) is 1. The predicted molar refractivity (Wildman–Crippen MR) is 86.0 cm³/mol. The van der Waals surface area contributed by atoms with E-state index >= 15 is 0 Å². The number of nitrogens with one attached hydrogen (secondary N) is 1. The molecule has 21 heavy (non-hydrogen) atoms. The Kier molecular flexibility index (Phi) is 5.21. The van der Waals surface area contributed by atoms with E-state index in [1.807, 2.05) is 61.5 Å². The fourth-order valence-corrected chi connectivity index (χ4v) is 1.93. The highest BCUT2D eigenvalue weighted by Crippen LogP contribution is 2.16. The van der Waals surface area contributed by atoms with Crippen LogP contribution in [0.15, 0.2) is 54.6 Å². The molecule has 0 aromatic heterocycles. The molecule has 0 fully saturated rings. The van der Waals surface area contributed by atoms with Crippen LogP contribution in [0.5, 0.6) is 5.75 Å². The minimum Gasteiger partial charge on any atom is -0.494 e. The van der Waals surface area contributed by atoms with E-state index in [0.717, 1.165) is 17.1 Å². The fraction of sp³-hybridized carbons (Fsp3) is 0.235. The van der Waals surface area contributed by atoms with Gasteiger partial charge in [0, 0.05) is 18.4 Å². The number of rotatable bonds is 6. The number of anilines is 2. The SMILES string of the molecule is CCOc1ccc(NCC(=O)N(C)c2ccccc2)cc1. The van der Waals surface area contributed by atoms with Crippen molar-refractivity contribution < 1.29 is 9.53 Å². The molecule has 0 spiro atoms. The van der Waals surface area contributed by atoms with Gasteiger partial charge in [-0.25, -0.2) is 0 Å². The van der Waals surface area contributed by atoms with E-state index in [1.54, 1.807) is 11.9 Å². The summed E-state index contributed by atoms with van der Waals surface area (Å²) < 4.78 is 5.38. The lowest BCUT2D eigenvalue weighted by Gasteiger charge is -2.18. The topological polar surface area (TPSA) is 41.6 Å². The molecule has 0 aliphatic rings. The number of hydrogen-bond acceptors (Lipinski definition) is 3. The molecule has 110 valence electrons. The maximum absolute atomic E-state index is 12.1. The first kappa shape index (κ1) is 14.9. The standard InChI is InChI=1S/C17H20N2O2/c1-3-21-16-11-9-14(10-12-16)18-13-17(20)19(2)15-7-5-4-6-8-15/h4-12,18H,3,13H2,1-2H3. The summed E-state index contributed by atoms with van der Waals surface area (Å²) in [4.78, 5) is 13.8. The van der Waals surface area contributed by atoms with Gasteiger partial charge in [-0.1, -0.05) is 18.2 Å². The molecule has 2 rings (SSSR count). The molecule has 4 heteroatoms. The average molecular weight is 284 g/mol. The van der Waals surface area contributed by atoms with Crippen LogP contribution in [0.3, 0.4) is 0 Å². The minimum absolute atomic E-state index is 0.00934. The van der Waals surface area contributed by atoms with Gasteiger partial charge >= 0.3 is 0 Å². The van der Waals surface area contributed by atoms with Crippen LogP contribution in [0.2, 0.25) is 0 Å². The van der Waals surface area contributed by atoms with E-state index < -0.39 is 0 Å². The zero-order valence-corrected chi connectivity index (χ0v) is 12.4. The molecule has 0 saturated carbocycles. The number of likely N-dealkylation sites (N-methyl/N-ethyl adjacent to an activating group) is 1. The van der Waals surface area contributed by atoms with Gasteiger partial charge in [0.1, 0.15) is 5.75 Å². The second-order valence-electron chi connectivity index (χ2n) is 4.60. The van der Waals surface area contributed by atoms with Gasteiger partial charge in [0.05, 0.1) is 13.2 Å². The Morgan fingerprint density at radius 2 is 1.76 bits per heavy atom. The molecular weight excluding hydrogens is 264 g/mol. The highest BCUT2D eigenvalue weighted by Gasteiger charge is 2.09. The molecule has 0 bridgehead atoms. The van der Waals surface area contributed by atoms with Crippen molar-refractivity contribution >= 4 is 17.3 Å². The van der Waals surface area contributed by atoms with Crippen molar-refractivity contribution in [1.82, 2.24) is 0 Å². The summed E-state index contributed by atoms with van der Waals surface area (Å²) in [5, 5.41) is 3.12. The first-order valence-corrected chi connectivity index (χ1v) is 6.99. The van der Waals surface area contributed by atoms with Crippen molar-refractivity contribution in [3.8, 4) is 5.75 Å². The van der Waals surface area contributed by atoms with Gasteiger partial charge in [-0.3, -0.25) is 4.79 Å². The van der Waals surface area contributed by atoms with E-state index in [1.165, 1.54) is 0 Å². The van der Waals surface area contributed by atoms with Crippen LogP contribution in [0.1, 0.15) is 6.92 Å². The number of hydrogen-bond donors (Lipinski definition) is 1. The van der Waals surface area contributed by atoms with Crippen LogP contribution in [0.4, 0.5) is 11.4 Å². The third kappa shape index (κ3) is 4.24. The fourth-order valence-electron chi connectivity index (χ4n) is 1.93. The molecule has 0 radical (unpaired) electrons. The first-order chi connectivity index (χ1) is 10.2. The highest BCUT2D eigenvalue weighted by atomic mass is 16.5. The Morgan fingerprint density at radius 3 is 2.38 bits per heavy atom. The predicted octanol–water partition coefficient (Wildman–Crippen LogP) is 3.16. The maximum Gasteiger partial charge on any atom is 0.246 e. The van der Waals surface area contributed by atoms with E-state index in [2.05, 4.69) is 5.32 Å². The van der Waals surface area contributed by atoms with Gasteiger partial charge in [-0.2, -0.15) is 0 Å². The normalized spacial score (nSPS) is 10.0. The summed E-state index contributed by atoms with van der Waals surface area (Å²) in [5.41, 5.74) is 1.78. The molecule has 2 aromatic carbocycles. The highest BCUT2D eigenvalue weighted by molar-refractivity contribution is 5.95. The Morgan fingerprint density at radius 1 is 1.10 bits per heavy atom. The molecule has 0 aliphatic carbocycles. The summed E-state index contributed by atoms with van der Waals surface area (Å²) in [7, 11) is 1.78. The third-order valence-corrected chi connectivity index (χ3v) is 3.13. The second kappa shape index (κ2) is 7.33. The molecule has 0 unspecified atom stereocenters. The van der Waals surface area contributed by atoms with Crippen molar-refractivity contribution in [3.05, 3.63) is 54.6 Å². The molecule has 0 saturated heterocycles. The summed E-state index contributed by atoms with van der Waals surface area (Å²) in [5.74, 6) is 0.839. The van der Waals surface area contributed by atoms with Crippen LogP contribution in [0.25, 0.3) is 0 Å². The van der Waals surface area contributed by atoms with Crippen molar-refractivity contribution in [2.75, 3.05) is 30.4 Å². The van der Waals surface area contributed by atoms with Crippen LogP contribution < -0.4 is 15.0 Å². The summed E-state index contributed by atoms with van der Waals surface area (Å²) >= 11 is 0. The quantitative estimate of drug-likeness (QED) is 0.886. The van der Waals surface area contributed by atoms with E-state index in [0.29, 0.717) is 6.61 Å². The van der Waals surface area contributed by atoms with Crippen molar-refractivity contribution in [1.29, 1.82) is 0 Å². The minimum atomic E-state index is 0.00934. The maximum atomic E-state index is 12.1. The smallest absolute Gasteiger partial charge is 0.246 e. The van der Waals surface area contributed by atoms with Crippen molar-refractivity contribution in [3.63, 3.8) is 0 Å². The van der Waals surface area contributed by atoms with Gasteiger partial charge in [0.2, 0.25) is 5.91 Å². The summed E-state index contributed by atoms with van der Waals surface area (Å²) in [6.45, 7) is 2.84. The number of amides is 1. The van der Waals surface area contributed by atoms with Gasteiger partial charge in [0.25, 0.3) is 0 Å². The largest absolute Gasteiger partial charge is 0.494 e. The van der Waals surface area contributed by atoms with Crippen LogP contribution in [0, 0.1) is 0 Å². The van der Waals surface area contributed by atoms with E-state index in [4.69, 9.17) is 4.74 Å².